The van der Waals surface area contributed by atoms with Crippen LogP contribution in [0.4, 0.5) is 24.8 Å². The molecule has 0 saturated heterocycles. The largest absolute Gasteiger partial charge is 0.434 e. The van der Waals surface area contributed by atoms with Gasteiger partial charge in [0.05, 0.1) is 0 Å². The molecule has 1 aliphatic rings. The third-order valence-corrected chi connectivity index (χ3v) is 5.82. The van der Waals surface area contributed by atoms with Gasteiger partial charge in [0, 0.05) is 36.6 Å². The van der Waals surface area contributed by atoms with E-state index in [0.29, 0.717) is 17.2 Å². The van der Waals surface area contributed by atoms with E-state index in [1.807, 2.05) is 6.92 Å². The Kier molecular flexibility index (Phi) is 6.71. The highest BCUT2D eigenvalue weighted by atomic mass is 19.4. The summed E-state index contributed by atoms with van der Waals surface area (Å²) in [5.41, 5.74) is -0.0960. The van der Waals surface area contributed by atoms with E-state index in [1.54, 1.807) is 36.5 Å². The molecule has 1 saturated carbocycles. The van der Waals surface area contributed by atoms with Crippen molar-refractivity contribution >= 4 is 23.2 Å². The van der Waals surface area contributed by atoms with Crippen molar-refractivity contribution in [2.45, 2.75) is 57.3 Å². The second-order valence-electron chi connectivity index (χ2n) is 8.24. The number of alkyl halides is 3. The molecule has 0 aliphatic heterocycles. The zero-order valence-electron chi connectivity index (χ0n) is 18.3. The molecule has 2 atom stereocenters. The van der Waals surface area contributed by atoms with Crippen molar-refractivity contribution < 1.29 is 18.0 Å². The van der Waals surface area contributed by atoms with E-state index in [-0.39, 0.29) is 23.6 Å². The number of pyridine rings is 2. The number of fused-ring (bicyclic) bond motifs is 1. The predicted octanol–water partition coefficient (Wildman–Crippen LogP) is 4.72. The van der Waals surface area contributed by atoms with Crippen LogP contribution in [0.2, 0.25) is 0 Å². The first-order chi connectivity index (χ1) is 15.8. The van der Waals surface area contributed by atoms with E-state index in [1.165, 1.54) is 4.40 Å². The van der Waals surface area contributed by atoms with Crippen LogP contribution in [0.25, 0.3) is 5.65 Å². The van der Waals surface area contributed by atoms with Crippen LogP contribution in [-0.2, 0) is 6.18 Å². The number of nitrogens with zero attached hydrogens (tertiary/aromatic N) is 3. The predicted molar refractivity (Wildman–Crippen MR) is 120 cm³/mol. The molecular formula is C23H27F3N6O. The Morgan fingerprint density at radius 2 is 1.94 bits per heavy atom. The summed E-state index contributed by atoms with van der Waals surface area (Å²) in [5, 5.41) is 9.60. The highest BCUT2D eigenvalue weighted by molar-refractivity contribution is 5.95. The molecular weight excluding hydrogens is 433 g/mol. The van der Waals surface area contributed by atoms with Gasteiger partial charge in [0.15, 0.2) is 5.69 Å². The number of anilines is 2. The molecule has 0 bridgehead atoms. The second kappa shape index (κ2) is 9.68. The van der Waals surface area contributed by atoms with Crippen molar-refractivity contribution in [3.63, 3.8) is 0 Å². The van der Waals surface area contributed by atoms with Crippen LogP contribution >= 0.6 is 0 Å². The lowest BCUT2D eigenvalue weighted by Gasteiger charge is -2.19. The average Bonchev–Trinajstić information content (AvgIpc) is 3.12. The van der Waals surface area contributed by atoms with Crippen LogP contribution in [0.1, 0.15) is 55.1 Å². The lowest BCUT2D eigenvalue weighted by molar-refractivity contribution is -0.140. The van der Waals surface area contributed by atoms with Crippen LogP contribution < -0.4 is 16.0 Å². The van der Waals surface area contributed by atoms with Gasteiger partial charge < -0.3 is 16.0 Å². The SMILES string of the molecule is CCNc1cc(C(=O)N[C@@H]2CCC[C@H](Nc3cccc4nc(C(F)(F)F)cn34)CC2)ccn1. The van der Waals surface area contributed by atoms with E-state index < -0.39 is 11.9 Å². The standard InChI is InChI=1S/C23H27F3N6O/c1-2-27-19-13-15(11-12-28-19)22(33)30-17-6-3-5-16(9-10-17)29-20-7-4-8-21-31-18(14-32(20)21)23(24,25)26/h4,7-8,11-14,16-17,29H,2-3,5-6,9-10H2,1H3,(H,27,28)(H,30,33)/t16-,17+/m0/s1. The minimum absolute atomic E-state index is 0.0425. The molecule has 1 aliphatic carbocycles. The number of halogens is 3. The van der Waals surface area contributed by atoms with Gasteiger partial charge >= 0.3 is 6.18 Å². The smallest absolute Gasteiger partial charge is 0.370 e. The monoisotopic (exact) mass is 460 g/mol. The summed E-state index contributed by atoms with van der Waals surface area (Å²) >= 11 is 0. The normalized spacial score (nSPS) is 19.2. The van der Waals surface area contributed by atoms with Gasteiger partial charge in [-0.15, -0.1) is 0 Å². The van der Waals surface area contributed by atoms with Crippen LogP contribution in [0.3, 0.4) is 0 Å². The summed E-state index contributed by atoms with van der Waals surface area (Å²) in [4.78, 5) is 20.6. The summed E-state index contributed by atoms with van der Waals surface area (Å²) in [6.07, 6.45) is 2.33. The highest BCUT2D eigenvalue weighted by Crippen LogP contribution is 2.30. The van der Waals surface area contributed by atoms with Crippen molar-refractivity contribution in [1.29, 1.82) is 0 Å². The molecule has 3 aromatic rings. The Bertz CT molecular complexity index is 1110. The Morgan fingerprint density at radius 1 is 1.15 bits per heavy atom. The number of amides is 1. The topological polar surface area (TPSA) is 83.4 Å². The third-order valence-electron chi connectivity index (χ3n) is 5.82. The molecule has 1 amide bonds. The number of carbonyl (C=O) groups excluding carboxylic acids is 1. The van der Waals surface area contributed by atoms with E-state index in [0.717, 1.165) is 44.8 Å². The number of carbonyl (C=O) groups is 1. The van der Waals surface area contributed by atoms with Crippen molar-refractivity contribution in [1.82, 2.24) is 19.7 Å². The van der Waals surface area contributed by atoms with Crippen molar-refractivity contribution in [3.05, 3.63) is 54.0 Å². The molecule has 33 heavy (non-hydrogen) atoms. The Hall–Kier alpha value is -3.30. The summed E-state index contributed by atoms with van der Waals surface area (Å²) < 4.78 is 40.6. The lowest BCUT2D eigenvalue weighted by atomic mass is 10.1. The van der Waals surface area contributed by atoms with E-state index in [4.69, 9.17) is 0 Å². The Morgan fingerprint density at radius 3 is 2.73 bits per heavy atom. The number of hydrogen-bond acceptors (Lipinski definition) is 5. The first-order valence-electron chi connectivity index (χ1n) is 11.2. The second-order valence-corrected chi connectivity index (χ2v) is 8.24. The zero-order valence-corrected chi connectivity index (χ0v) is 18.3. The zero-order chi connectivity index (χ0) is 23.4. The van der Waals surface area contributed by atoms with Gasteiger partial charge in [0.25, 0.3) is 5.91 Å². The first-order valence-corrected chi connectivity index (χ1v) is 11.2. The number of imidazole rings is 1. The minimum atomic E-state index is -4.49. The fourth-order valence-corrected chi connectivity index (χ4v) is 4.18. The molecule has 3 N–H and O–H groups in total. The van der Waals surface area contributed by atoms with Gasteiger partial charge in [-0.2, -0.15) is 13.2 Å². The maximum absolute atomic E-state index is 13.1. The van der Waals surface area contributed by atoms with Crippen LogP contribution in [0.5, 0.6) is 0 Å². The molecule has 0 radical (unpaired) electrons. The molecule has 3 heterocycles. The van der Waals surface area contributed by atoms with E-state index in [9.17, 15) is 18.0 Å². The molecule has 0 aromatic carbocycles. The highest BCUT2D eigenvalue weighted by Gasteiger charge is 2.34. The molecule has 7 nitrogen and oxygen atoms in total. The Balaban J connectivity index is 1.38. The lowest BCUT2D eigenvalue weighted by Crippen LogP contribution is -2.34. The van der Waals surface area contributed by atoms with E-state index in [2.05, 4.69) is 25.9 Å². The average molecular weight is 461 g/mol. The maximum atomic E-state index is 13.1. The molecule has 4 rings (SSSR count). The van der Waals surface area contributed by atoms with Crippen molar-refractivity contribution in [3.8, 4) is 0 Å². The summed E-state index contributed by atoms with van der Waals surface area (Å²) in [7, 11) is 0. The van der Waals surface area contributed by atoms with Gasteiger partial charge in [0.2, 0.25) is 0 Å². The number of aromatic nitrogens is 3. The number of hydrogen-bond donors (Lipinski definition) is 3. The first kappa shape index (κ1) is 22.9. The fraction of sp³-hybridized carbons (Fsp3) is 0.435. The van der Waals surface area contributed by atoms with Gasteiger partial charge in [-0.25, -0.2) is 9.97 Å². The molecule has 1 fully saturated rings. The molecule has 0 spiro atoms. The maximum Gasteiger partial charge on any atom is 0.434 e. The van der Waals surface area contributed by atoms with Crippen LogP contribution in [-0.4, -0.2) is 38.9 Å². The fourth-order valence-electron chi connectivity index (χ4n) is 4.18. The van der Waals surface area contributed by atoms with Gasteiger partial charge in [0.1, 0.15) is 17.3 Å². The molecule has 176 valence electrons. The molecule has 10 heteroatoms. The molecule has 3 aromatic heterocycles. The number of rotatable bonds is 6. The quantitative estimate of drug-likeness (QED) is 0.464. The van der Waals surface area contributed by atoms with Gasteiger partial charge in [-0.3, -0.25) is 9.20 Å². The molecule has 0 unspecified atom stereocenters. The Labute approximate surface area is 189 Å². The number of nitrogens with one attached hydrogen (secondary N) is 3. The summed E-state index contributed by atoms with van der Waals surface area (Å²) in [6, 6.07) is 8.57. The van der Waals surface area contributed by atoms with Crippen LogP contribution in [0, 0.1) is 0 Å². The summed E-state index contributed by atoms with van der Waals surface area (Å²) in [5.74, 6) is 1.11. The van der Waals surface area contributed by atoms with Gasteiger partial charge in [-0.05, 0) is 63.3 Å². The van der Waals surface area contributed by atoms with Crippen LogP contribution in [0.15, 0.2) is 42.7 Å². The summed E-state index contributed by atoms with van der Waals surface area (Å²) in [6.45, 7) is 2.69. The third kappa shape index (κ3) is 5.55. The van der Waals surface area contributed by atoms with Crippen molar-refractivity contribution in [2.24, 2.45) is 0 Å². The minimum Gasteiger partial charge on any atom is -0.370 e. The van der Waals surface area contributed by atoms with Crippen molar-refractivity contribution in [2.75, 3.05) is 17.2 Å². The van der Waals surface area contributed by atoms with E-state index >= 15 is 0 Å². The van der Waals surface area contributed by atoms with Gasteiger partial charge in [-0.1, -0.05) is 6.07 Å².